The van der Waals surface area contributed by atoms with Crippen LogP contribution in [0.3, 0.4) is 0 Å². The Balaban J connectivity index is 1.21. The second-order valence-electron chi connectivity index (χ2n) is 13.0. The van der Waals surface area contributed by atoms with Crippen LogP contribution in [0.5, 0.6) is 0 Å². The fourth-order valence-electron chi connectivity index (χ4n) is 7.78. The summed E-state index contributed by atoms with van der Waals surface area (Å²) in [5.74, 6) is 0. The van der Waals surface area contributed by atoms with Gasteiger partial charge in [-0.1, -0.05) is 140 Å². The van der Waals surface area contributed by atoms with Crippen molar-refractivity contribution in [3.8, 4) is 44.8 Å². The summed E-state index contributed by atoms with van der Waals surface area (Å²) in [6.45, 7) is 0. The molecule has 0 amide bonds. The van der Waals surface area contributed by atoms with E-state index in [1.807, 2.05) is 0 Å². The van der Waals surface area contributed by atoms with Crippen molar-refractivity contribution >= 4 is 43.6 Å². The molecule has 0 N–H and O–H groups in total. The van der Waals surface area contributed by atoms with Crippen molar-refractivity contribution in [2.45, 2.75) is 0 Å². The number of hydrogen-bond donors (Lipinski definition) is 0. The number of para-hydroxylation sites is 2. The van der Waals surface area contributed by atoms with Crippen LogP contribution in [0.1, 0.15) is 0 Å². The molecule has 0 saturated carbocycles. The first kappa shape index (κ1) is 28.4. The predicted octanol–water partition coefficient (Wildman–Crippen LogP) is 12.9. The van der Waals surface area contributed by atoms with Gasteiger partial charge in [-0.05, 0) is 88.0 Å². The van der Waals surface area contributed by atoms with Gasteiger partial charge in [0.2, 0.25) is 0 Å². The van der Waals surface area contributed by atoms with Crippen molar-refractivity contribution in [3.05, 3.63) is 194 Å². The normalized spacial score (nSPS) is 11.6. The summed E-state index contributed by atoms with van der Waals surface area (Å²) in [6.07, 6.45) is 0. The molecule has 0 radical (unpaired) electrons. The van der Waals surface area contributed by atoms with Crippen LogP contribution in [-0.4, -0.2) is 9.13 Å². The minimum absolute atomic E-state index is 1.15. The van der Waals surface area contributed by atoms with E-state index in [1.54, 1.807) is 0 Å². The highest BCUT2D eigenvalue weighted by Gasteiger charge is 2.19. The zero-order valence-corrected chi connectivity index (χ0v) is 27.4. The highest BCUT2D eigenvalue weighted by Crippen LogP contribution is 2.40. The molecule has 0 aliphatic carbocycles. The molecule has 0 aliphatic heterocycles. The Hall–Kier alpha value is -6.64. The first-order valence-corrected chi connectivity index (χ1v) is 17.2. The zero-order chi connectivity index (χ0) is 33.0. The summed E-state index contributed by atoms with van der Waals surface area (Å²) in [7, 11) is 0. The van der Waals surface area contributed by atoms with Crippen molar-refractivity contribution < 1.29 is 0 Å². The lowest BCUT2D eigenvalue weighted by atomic mass is 9.99. The summed E-state index contributed by atoms with van der Waals surface area (Å²) < 4.78 is 4.88. The number of nitrogens with zero attached hydrogens (tertiary/aromatic N) is 2. The molecule has 8 aromatic carbocycles. The molecule has 0 fully saturated rings. The van der Waals surface area contributed by atoms with Gasteiger partial charge in [-0.25, -0.2) is 0 Å². The van der Waals surface area contributed by atoms with Gasteiger partial charge in [0, 0.05) is 32.9 Å². The van der Waals surface area contributed by atoms with E-state index >= 15 is 0 Å². The molecule has 10 rings (SSSR count). The smallest absolute Gasteiger partial charge is 0.0562 e. The molecule has 0 saturated heterocycles. The molecule has 50 heavy (non-hydrogen) atoms. The molecule has 0 unspecified atom stereocenters. The summed E-state index contributed by atoms with van der Waals surface area (Å²) in [6, 6.07) is 70.4. The largest absolute Gasteiger partial charge is 0.309 e. The lowest BCUT2D eigenvalue weighted by Crippen LogP contribution is -1.96. The Bertz CT molecular complexity index is 2860. The van der Waals surface area contributed by atoms with E-state index in [4.69, 9.17) is 0 Å². The maximum atomic E-state index is 2.44. The Kier molecular flexibility index (Phi) is 6.53. The van der Waals surface area contributed by atoms with Crippen LogP contribution in [0, 0.1) is 0 Å². The topological polar surface area (TPSA) is 9.86 Å². The third-order valence-corrected chi connectivity index (χ3v) is 10.1. The van der Waals surface area contributed by atoms with Gasteiger partial charge >= 0.3 is 0 Å². The zero-order valence-electron chi connectivity index (χ0n) is 27.4. The molecular formula is C48H32N2. The minimum atomic E-state index is 1.15. The SMILES string of the molecule is c1ccc(-c2cccc(-c3cccc(-n4c5ccccc5c5cc6c7ccccc7n(-c7cccc(-c8ccccc8)c7)c6cc54)c3)c2)cc1. The molecule has 234 valence electrons. The van der Waals surface area contributed by atoms with Crippen LogP contribution in [0.2, 0.25) is 0 Å². The van der Waals surface area contributed by atoms with Gasteiger partial charge in [0.25, 0.3) is 0 Å². The summed E-state index contributed by atoms with van der Waals surface area (Å²) in [5, 5.41) is 5.02. The second kappa shape index (κ2) is 11.5. The quantitative estimate of drug-likeness (QED) is 0.178. The van der Waals surface area contributed by atoms with Crippen molar-refractivity contribution in [1.82, 2.24) is 9.13 Å². The number of hydrogen-bond acceptors (Lipinski definition) is 0. The molecule has 0 atom stereocenters. The molecule has 0 bridgehead atoms. The fraction of sp³-hybridized carbons (Fsp3) is 0. The van der Waals surface area contributed by atoms with E-state index in [1.165, 1.54) is 77.0 Å². The third-order valence-electron chi connectivity index (χ3n) is 10.1. The van der Waals surface area contributed by atoms with Gasteiger partial charge in [0.15, 0.2) is 0 Å². The van der Waals surface area contributed by atoms with E-state index < -0.39 is 0 Å². The molecular weight excluding hydrogens is 605 g/mol. The summed E-state index contributed by atoms with van der Waals surface area (Å²) in [5.41, 5.74) is 14.4. The third kappa shape index (κ3) is 4.57. The molecule has 2 nitrogen and oxygen atoms in total. The van der Waals surface area contributed by atoms with Crippen molar-refractivity contribution in [2.75, 3.05) is 0 Å². The van der Waals surface area contributed by atoms with Crippen LogP contribution < -0.4 is 0 Å². The highest BCUT2D eigenvalue weighted by molar-refractivity contribution is 6.19. The van der Waals surface area contributed by atoms with Crippen LogP contribution in [0.25, 0.3) is 88.4 Å². The summed E-state index contributed by atoms with van der Waals surface area (Å²) in [4.78, 5) is 0. The van der Waals surface area contributed by atoms with Crippen LogP contribution >= 0.6 is 0 Å². The average Bonchev–Trinajstić information content (AvgIpc) is 3.70. The van der Waals surface area contributed by atoms with E-state index in [9.17, 15) is 0 Å². The lowest BCUT2D eigenvalue weighted by Gasteiger charge is -2.13. The van der Waals surface area contributed by atoms with Gasteiger partial charge in [0.1, 0.15) is 0 Å². The highest BCUT2D eigenvalue weighted by atomic mass is 15.0. The van der Waals surface area contributed by atoms with Gasteiger partial charge in [-0.15, -0.1) is 0 Å². The maximum Gasteiger partial charge on any atom is 0.0562 e. The molecule has 0 spiro atoms. The van der Waals surface area contributed by atoms with Crippen LogP contribution in [0.4, 0.5) is 0 Å². The molecule has 2 aromatic heterocycles. The molecule has 2 heteroatoms. The van der Waals surface area contributed by atoms with E-state index in [-0.39, 0.29) is 0 Å². The summed E-state index contributed by atoms with van der Waals surface area (Å²) >= 11 is 0. The predicted molar refractivity (Wildman–Crippen MR) is 211 cm³/mol. The molecule has 0 aliphatic rings. The molecule has 10 aromatic rings. The minimum Gasteiger partial charge on any atom is -0.309 e. The van der Waals surface area contributed by atoms with Gasteiger partial charge in [-0.2, -0.15) is 0 Å². The first-order chi connectivity index (χ1) is 24.8. The van der Waals surface area contributed by atoms with E-state index in [2.05, 4.69) is 203 Å². The van der Waals surface area contributed by atoms with Crippen molar-refractivity contribution in [3.63, 3.8) is 0 Å². The van der Waals surface area contributed by atoms with E-state index in [0.717, 1.165) is 11.4 Å². The standard InChI is InChI=1S/C48H32N2/c1-3-14-33(15-4-1)35-18-11-19-36(28-35)38-21-13-23-40(30-38)50-46-27-10-8-25-42(46)44-31-43-41-24-7-9-26-45(41)49(47(43)32-48(44)50)39-22-12-20-37(29-39)34-16-5-2-6-17-34/h1-32H. The number of benzene rings is 8. The Morgan fingerprint density at radius 1 is 0.220 bits per heavy atom. The van der Waals surface area contributed by atoms with Gasteiger partial charge in [-0.3, -0.25) is 0 Å². The fourth-order valence-corrected chi connectivity index (χ4v) is 7.78. The number of aromatic nitrogens is 2. The van der Waals surface area contributed by atoms with Gasteiger partial charge in [0.05, 0.1) is 22.1 Å². The molecule has 2 heterocycles. The van der Waals surface area contributed by atoms with Crippen LogP contribution in [-0.2, 0) is 0 Å². The van der Waals surface area contributed by atoms with E-state index in [0.29, 0.717) is 0 Å². The Morgan fingerprint density at radius 2 is 0.600 bits per heavy atom. The van der Waals surface area contributed by atoms with Crippen molar-refractivity contribution in [2.24, 2.45) is 0 Å². The Morgan fingerprint density at radius 3 is 1.12 bits per heavy atom. The number of rotatable bonds is 5. The number of fused-ring (bicyclic) bond motifs is 6. The lowest BCUT2D eigenvalue weighted by molar-refractivity contribution is 1.16. The van der Waals surface area contributed by atoms with Crippen molar-refractivity contribution in [1.29, 1.82) is 0 Å². The van der Waals surface area contributed by atoms with Gasteiger partial charge < -0.3 is 9.13 Å². The first-order valence-electron chi connectivity index (χ1n) is 17.2. The average molecular weight is 637 g/mol. The Labute approximate surface area is 290 Å². The maximum absolute atomic E-state index is 2.44. The van der Waals surface area contributed by atoms with Crippen LogP contribution in [0.15, 0.2) is 194 Å². The monoisotopic (exact) mass is 636 g/mol. The second-order valence-corrected chi connectivity index (χ2v) is 13.0.